The summed E-state index contributed by atoms with van der Waals surface area (Å²) in [7, 11) is 0. The number of nitrogens with zero attached hydrogens (tertiary/aromatic N) is 1. The fraction of sp³-hybridized carbons (Fsp3) is 0.0492. The van der Waals surface area contributed by atoms with Crippen molar-refractivity contribution in [1.82, 2.24) is 0 Å². The molecule has 0 saturated carbocycles. The van der Waals surface area contributed by atoms with Crippen LogP contribution in [-0.2, 0) is 5.41 Å². The van der Waals surface area contributed by atoms with Gasteiger partial charge in [0, 0.05) is 33.0 Å². The molecule has 63 heavy (non-hydrogen) atoms. The van der Waals surface area contributed by atoms with Gasteiger partial charge >= 0.3 is 0 Å². The Labute approximate surface area is 368 Å². The van der Waals surface area contributed by atoms with Gasteiger partial charge in [0.2, 0.25) is 0 Å². The summed E-state index contributed by atoms with van der Waals surface area (Å²) in [5.74, 6) is 0. The third kappa shape index (κ3) is 5.94. The smallest absolute Gasteiger partial charge is 0.136 e. The van der Waals surface area contributed by atoms with Crippen molar-refractivity contribution in [1.29, 1.82) is 0 Å². The highest BCUT2D eigenvalue weighted by atomic mass is 16.3. The topological polar surface area (TPSA) is 16.4 Å². The van der Waals surface area contributed by atoms with E-state index in [0.29, 0.717) is 0 Å². The standard InChI is InChI=1S/C61H43NO/c1-61(2)54-32-10-6-25-48(54)53-31-17-29-47(60(53)61)42-22-14-23-44(38-42)62(55-33-11-7-24-45(55)43-36-37-51-50-27-9-13-35-57(50)63-58(51)39-43)56-34-12-8-26-49(56)52-30-16-21-41-20-15-28-46(59(41)52)40-18-4-3-5-19-40/h3-39H,1-2H3. The maximum Gasteiger partial charge on any atom is 0.136 e. The minimum absolute atomic E-state index is 0.155. The fourth-order valence-corrected chi connectivity index (χ4v) is 10.4. The molecule has 0 radical (unpaired) electrons. The molecule has 0 atom stereocenters. The lowest BCUT2D eigenvalue weighted by atomic mass is 9.79. The van der Waals surface area contributed by atoms with Crippen LogP contribution in [0.5, 0.6) is 0 Å². The van der Waals surface area contributed by atoms with Gasteiger partial charge in [-0.2, -0.15) is 0 Å². The summed E-state index contributed by atoms with van der Waals surface area (Å²) < 4.78 is 6.48. The van der Waals surface area contributed by atoms with Crippen molar-refractivity contribution in [2.75, 3.05) is 4.90 Å². The average Bonchev–Trinajstić information content (AvgIpc) is 3.83. The summed E-state index contributed by atoms with van der Waals surface area (Å²) in [4.78, 5) is 2.48. The molecule has 1 aliphatic rings. The zero-order valence-electron chi connectivity index (χ0n) is 35.2. The van der Waals surface area contributed by atoms with Crippen LogP contribution in [0.1, 0.15) is 25.0 Å². The number of para-hydroxylation sites is 3. The molecule has 2 nitrogen and oxygen atoms in total. The Hall–Kier alpha value is -7.94. The quantitative estimate of drug-likeness (QED) is 0.160. The van der Waals surface area contributed by atoms with E-state index >= 15 is 0 Å². The monoisotopic (exact) mass is 805 g/mol. The number of anilines is 3. The molecular weight excluding hydrogens is 763 g/mol. The Morgan fingerprint density at radius 2 is 0.937 bits per heavy atom. The van der Waals surface area contributed by atoms with Crippen molar-refractivity contribution < 1.29 is 4.42 Å². The SMILES string of the molecule is CC1(C)c2ccccc2-c2cccc(-c3cccc(N(c4ccccc4-c4ccc5c(c4)oc4ccccc45)c4ccccc4-c4cccc5cccc(-c6ccccc6)c45)c3)c21. The maximum absolute atomic E-state index is 6.48. The molecule has 0 amide bonds. The highest BCUT2D eigenvalue weighted by Gasteiger charge is 2.37. The van der Waals surface area contributed by atoms with E-state index in [2.05, 4.69) is 231 Å². The Bertz CT molecular complexity index is 3550. The lowest BCUT2D eigenvalue weighted by molar-refractivity contribution is 0.662. The highest BCUT2D eigenvalue weighted by molar-refractivity contribution is 6.10. The Morgan fingerprint density at radius 1 is 0.365 bits per heavy atom. The molecule has 0 N–H and O–H groups in total. The Kier molecular flexibility index (Phi) is 8.55. The summed E-state index contributed by atoms with van der Waals surface area (Å²) in [6.45, 7) is 4.74. The van der Waals surface area contributed by atoms with E-state index in [0.717, 1.165) is 55.7 Å². The van der Waals surface area contributed by atoms with Gasteiger partial charge in [0.1, 0.15) is 11.2 Å². The second-order valence-corrected chi connectivity index (χ2v) is 17.2. The van der Waals surface area contributed by atoms with Crippen molar-refractivity contribution >= 4 is 49.8 Å². The van der Waals surface area contributed by atoms with Gasteiger partial charge in [0.05, 0.1) is 11.4 Å². The molecule has 11 aromatic rings. The van der Waals surface area contributed by atoms with Crippen molar-refractivity contribution in [3.63, 3.8) is 0 Å². The first kappa shape index (κ1) is 36.9. The van der Waals surface area contributed by atoms with Crippen LogP contribution in [0, 0.1) is 0 Å². The molecule has 2 heteroatoms. The predicted molar refractivity (Wildman–Crippen MR) is 265 cm³/mol. The van der Waals surface area contributed by atoms with E-state index < -0.39 is 0 Å². The van der Waals surface area contributed by atoms with Gasteiger partial charge < -0.3 is 9.32 Å². The lowest BCUT2D eigenvalue weighted by Crippen LogP contribution is -2.16. The third-order valence-electron chi connectivity index (χ3n) is 13.3. The molecular formula is C61H43NO. The van der Waals surface area contributed by atoms with E-state index in [1.54, 1.807) is 0 Å². The molecule has 12 rings (SSSR count). The molecule has 0 spiro atoms. The molecule has 0 unspecified atom stereocenters. The zero-order valence-corrected chi connectivity index (χ0v) is 35.2. The van der Waals surface area contributed by atoms with Crippen LogP contribution >= 0.6 is 0 Å². The van der Waals surface area contributed by atoms with Crippen LogP contribution in [0.25, 0.3) is 88.3 Å². The number of furan rings is 1. The summed E-state index contributed by atoms with van der Waals surface area (Å²) >= 11 is 0. The molecule has 1 aromatic heterocycles. The molecule has 1 heterocycles. The van der Waals surface area contributed by atoms with Gasteiger partial charge in [-0.1, -0.05) is 196 Å². The van der Waals surface area contributed by atoms with Gasteiger partial charge in [0.15, 0.2) is 0 Å². The van der Waals surface area contributed by atoms with Crippen molar-refractivity contribution in [2.24, 2.45) is 0 Å². The number of hydrogen-bond acceptors (Lipinski definition) is 2. The van der Waals surface area contributed by atoms with Crippen LogP contribution in [0.4, 0.5) is 17.1 Å². The molecule has 0 aliphatic heterocycles. The summed E-state index contributed by atoms with van der Waals surface area (Å²) in [5, 5.41) is 4.69. The summed E-state index contributed by atoms with van der Waals surface area (Å²) in [5.41, 5.74) is 19.6. The van der Waals surface area contributed by atoms with Gasteiger partial charge in [-0.05, 0) is 109 Å². The van der Waals surface area contributed by atoms with Crippen molar-refractivity contribution in [3.8, 4) is 55.6 Å². The first-order valence-electron chi connectivity index (χ1n) is 21.8. The van der Waals surface area contributed by atoms with Gasteiger partial charge in [-0.3, -0.25) is 0 Å². The highest BCUT2D eigenvalue weighted by Crippen LogP contribution is 2.53. The normalized spacial score (nSPS) is 12.7. The first-order valence-corrected chi connectivity index (χ1v) is 21.8. The number of rotatable bonds is 7. The van der Waals surface area contributed by atoms with E-state index in [1.165, 1.54) is 60.8 Å². The molecule has 0 saturated heterocycles. The van der Waals surface area contributed by atoms with Crippen molar-refractivity contribution in [3.05, 3.63) is 236 Å². The second-order valence-electron chi connectivity index (χ2n) is 17.2. The van der Waals surface area contributed by atoms with E-state index in [-0.39, 0.29) is 5.41 Å². The Balaban J connectivity index is 1.10. The van der Waals surface area contributed by atoms with Crippen molar-refractivity contribution in [2.45, 2.75) is 19.3 Å². The largest absolute Gasteiger partial charge is 0.456 e. The Morgan fingerprint density at radius 3 is 1.78 bits per heavy atom. The van der Waals surface area contributed by atoms with Gasteiger partial charge in [-0.25, -0.2) is 0 Å². The minimum Gasteiger partial charge on any atom is -0.456 e. The molecule has 0 fully saturated rings. The maximum atomic E-state index is 6.48. The van der Waals surface area contributed by atoms with E-state index in [4.69, 9.17) is 4.42 Å². The second kappa shape index (κ2) is 14.6. The van der Waals surface area contributed by atoms with E-state index in [9.17, 15) is 0 Å². The van der Waals surface area contributed by atoms with Crippen LogP contribution in [0.3, 0.4) is 0 Å². The lowest BCUT2D eigenvalue weighted by Gasteiger charge is -2.31. The fourth-order valence-electron chi connectivity index (χ4n) is 10.4. The van der Waals surface area contributed by atoms with Crippen LogP contribution in [-0.4, -0.2) is 0 Å². The van der Waals surface area contributed by atoms with Crippen LogP contribution in [0.15, 0.2) is 229 Å². The van der Waals surface area contributed by atoms with Crippen LogP contribution in [0.2, 0.25) is 0 Å². The molecule has 0 bridgehead atoms. The summed E-state index contributed by atoms with van der Waals surface area (Å²) in [6, 6.07) is 81.7. The predicted octanol–water partition coefficient (Wildman–Crippen LogP) is 17.2. The van der Waals surface area contributed by atoms with Gasteiger partial charge in [-0.15, -0.1) is 0 Å². The zero-order chi connectivity index (χ0) is 42.1. The molecule has 10 aromatic carbocycles. The van der Waals surface area contributed by atoms with Crippen LogP contribution < -0.4 is 4.90 Å². The summed E-state index contributed by atoms with van der Waals surface area (Å²) in [6.07, 6.45) is 0. The number of hydrogen-bond donors (Lipinski definition) is 0. The first-order chi connectivity index (χ1) is 31.0. The number of benzene rings is 10. The van der Waals surface area contributed by atoms with Gasteiger partial charge in [0.25, 0.3) is 0 Å². The molecule has 1 aliphatic carbocycles. The number of fused-ring (bicyclic) bond motifs is 7. The average molecular weight is 806 g/mol. The molecule has 298 valence electrons. The van der Waals surface area contributed by atoms with E-state index in [1.807, 2.05) is 12.1 Å². The third-order valence-corrected chi connectivity index (χ3v) is 13.3. The minimum atomic E-state index is -0.155.